The maximum absolute atomic E-state index is 12.1. The largest absolute Gasteiger partial charge is 0.450 e. The molecule has 30 heavy (non-hydrogen) atoms. The number of hydrogen-bond donors (Lipinski definition) is 0. The first-order valence-electron chi connectivity index (χ1n) is 9.24. The molecule has 1 aromatic heterocycles. The number of hydrogen-bond acceptors (Lipinski definition) is 7. The maximum atomic E-state index is 12.1. The minimum atomic E-state index is -0.648. The van der Waals surface area contributed by atoms with E-state index in [4.69, 9.17) is 21.1 Å². The zero-order valence-corrected chi connectivity index (χ0v) is 17.0. The van der Waals surface area contributed by atoms with E-state index in [1.54, 1.807) is 22.9 Å². The van der Waals surface area contributed by atoms with Gasteiger partial charge in [0.1, 0.15) is 11.3 Å². The summed E-state index contributed by atoms with van der Waals surface area (Å²) >= 11 is 6.10. The number of esters is 1. The highest BCUT2D eigenvalue weighted by Crippen LogP contribution is 2.29. The molecular formula is C20H18ClN5O4. The molecule has 154 valence electrons. The molecule has 1 atom stereocenters. The molecule has 1 aliphatic heterocycles. The summed E-state index contributed by atoms with van der Waals surface area (Å²) in [4.78, 5) is 23.6. The lowest BCUT2D eigenvalue weighted by Gasteiger charge is -2.19. The molecule has 0 unspecified atom stereocenters. The number of carbonyl (C=O) groups is 2. The molecule has 9 nitrogen and oxygen atoms in total. The van der Waals surface area contributed by atoms with Gasteiger partial charge in [-0.05, 0) is 30.3 Å². The SMILES string of the molecule is CC(=O)Oc1ccc(Cl)cc1C1=NN(C(C)=O)[C@@H](CCn2nnc3ccccc32)O1. The van der Waals surface area contributed by atoms with E-state index in [1.165, 1.54) is 18.9 Å². The molecule has 0 spiro atoms. The van der Waals surface area contributed by atoms with E-state index in [1.807, 2.05) is 24.3 Å². The van der Waals surface area contributed by atoms with Crippen molar-refractivity contribution < 1.29 is 19.1 Å². The van der Waals surface area contributed by atoms with E-state index >= 15 is 0 Å². The molecule has 0 saturated heterocycles. The standard InChI is InChI=1S/C20H18ClN5O4/c1-12(27)26-19(9-10-25-17-6-4-3-5-16(17)22-24-25)30-20(23-26)15-11-14(21)7-8-18(15)29-13(2)28/h3-8,11,19H,9-10H2,1-2H3/t19-/m1/s1. The van der Waals surface area contributed by atoms with Gasteiger partial charge in [0.25, 0.3) is 0 Å². The molecule has 2 heterocycles. The van der Waals surface area contributed by atoms with Gasteiger partial charge in [-0.2, -0.15) is 5.01 Å². The van der Waals surface area contributed by atoms with Crippen LogP contribution in [0.15, 0.2) is 47.6 Å². The van der Waals surface area contributed by atoms with Gasteiger partial charge in [0.05, 0.1) is 11.1 Å². The lowest BCUT2D eigenvalue weighted by Crippen LogP contribution is -2.33. The van der Waals surface area contributed by atoms with Crippen LogP contribution in [0.25, 0.3) is 11.0 Å². The Morgan fingerprint density at radius 2 is 2.00 bits per heavy atom. The molecule has 4 rings (SSSR count). The van der Waals surface area contributed by atoms with Gasteiger partial charge in [-0.3, -0.25) is 9.59 Å². The Morgan fingerprint density at radius 3 is 2.77 bits per heavy atom. The van der Waals surface area contributed by atoms with Crippen LogP contribution in [0.5, 0.6) is 5.75 Å². The normalized spacial score (nSPS) is 15.8. The van der Waals surface area contributed by atoms with Crippen LogP contribution < -0.4 is 4.74 Å². The van der Waals surface area contributed by atoms with E-state index in [0.717, 1.165) is 11.0 Å². The quantitative estimate of drug-likeness (QED) is 0.458. The third-order valence-corrected chi connectivity index (χ3v) is 4.71. The van der Waals surface area contributed by atoms with Crippen LogP contribution in [0.2, 0.25) is 5.02 Å². The van der Waals surface area contributed by atoms with E-state index in [0.29, 0.717) is 23.6 Å². The van der Waals surface area contributed by atoms with E-state index in [-0.39, 0.29) is 17.6 Å². The van der Waals surface area contributed by atoms with Gasteiger partial charge in [-0.15, -0.1) is 10.2 Å². The Kier molecular flexibility index (Phi) is 5.37. The molecule has 1 amide bonds. The average Bonchev–Trinajstić information content (AvgIpc) is 3.31. The number of benzene rings is 2. The number of nitrogens with zero attached hydrogens (tertiary/aromatic N) is 5. The smallest absolute Gasteiger partial charge is 0.308 e. The topological polar surface area (TPSA) is 98.9 Å². The van der Waals surface area contributed by atoms with Crippen molar-refractivity contribution in [3.05, 3.63) is 53.1 Å². The summed E-state index contributed by atoms with van der Waals surface area (Å²) in [6, 6.07) is 12.3. The monoisotopic (exact) mass is 427 g/mol. The van der Waals surface area contributed by atoms with Crippen LogP contribution in [-0.2, 0) is 20.9 Å². The molecule has 0 aliphatic carbocycles. The predicted molar refractivity (Wildman–Crippen MR) is 109 cm³/mol. The number of rotatable bonds is 5. The van der Waals surface area contributed by atoms with E-state index < -0.39 is 12.2 Å². The highest BCUT2D eigenvalue weighted by molar-refractivity contribution is 6.31. The van der Waals surface area contributed by atoms with Gasteiger partial charge >= 0.3 is 5.97 Å². The van der Waals surface area contributed by atoms with Gasteiger partial charge in [-0.1, -0.05) is 28.9 Å². The minimum Gasteiger partial charge on any atom is -0.450 e. The summed E-state index contributed by atoms with van der Waals surface area (Å²) in [5.41, 5.74) is 2.06. The third kappa shape index (κ3) is 3.97. The van der Waals surface area contributed by atoms with Crippen molar-refractivity contribution in [1.82, 2.24) is 20.0 Å². The fourth-order valence-electron chi connectivity index (χ4n) is 3.16. The fraction of sp³-hybridized carbons (Fsp3) is 0.250. The summed E-state index contributed by atoms with van der Waals surface area (Å²) in [5.74, 6) is -0.376. The second kappa shape index (κ2) is 8.11. The Bertz CT molecular complexity index is 1160. The zero-order chi connectivity index (χ0) is 21.3. The summed E-state index contributed by atoms with van der Waals surface area (Å²) < 4.78 is 12.9. The van der Waals surface area contributed by atoms with Crippen molar-refractivity contribution in [2.75, 3.05) is 0 Å². The molecule has 0 N–H and O–H groups in total. The minimum absolute atomic E-state index is 0.150. The van der Waals surface area contributed by atoms with Gasteiger partial charge < -0.3 is 9.47 Å². The molecule has 0 radical (unpaired) electrons. The van der Waals surface area contributed by atoms with Gasteiger partial charge in [0.2, 0.25) is 11.8 Å². The molecule has 10 heteroatoms. The second-order valence-electron chi connectivity index (χ2n) is 6.67. The molecular weight excluding hydrogens is 410 g/mol. The number of para-hydroxylation sites is 1. The highest BCUT2D eigenvalue weighted by Gasteiger charge is 2.33. The fourth-order valence-corrected chi connectivity index (χ4v) is 3.34. The molecule has 0 bridgehead atoms. The van der Waals surface area contributed by atoms with E-state index in [2.05, 4.69) is 15.4 Å². The Labute approximate surface area is 176 Å². The van der Waals surface area contributed by atoms with Crippen molar-refractivity contribution >= 4 is 40.4 Å². The first-order chi connectivity index (χ1) is 14.4. The predicted octanol–water partition coefficient (Wildman–Crippen LogP) is 2.97. The van der Waals surface area contributed by atoms with Crippen molar-refractivity contribution in [2.45, 2.75) is 33.0 Å². The number of hydrazone groups is 1. The Hall–Kier alpha value is -3.46. The Morgan fingerprint density at radius 1 is 1.20 bits per heavy atom. The number of fused-ring (bicyclic) bond motifs is 1. The number of aryl methyl sites for hydroxylation is 1. The van der Waals surface area contributed by atoms with Crippen LogP contribution in [-0.4, -0.2) is 44.0 Å². The number of amides is 1. The van der Waals surface area contributed by atoms with Crippen LogP contribution in [0.1, 0.15) is 25.8 Å². The number of ether oxygens (including phenoxy) is 2. The first kappa shape index (κ1) is 19.8. The van der Waals surface area contributed by atoms with Crippen molar-refractivity contribution in [3.8, 4) is 5.75 Å². The average molecular weight is 428 g/mol. The maximum Gasteiger partial charge on any atom is 0.308 e. The lowest BCUT2D eigenvalue weighted by atomic mass is 10.2. The molecule has 3 aromatic rings. The lowest BCUT2D eigenvalue weighted by molar-refractivity contribution is -0.135. The summed E-state index contributed by atoms with van der Waals surface area (Å²) in [6.45, 7) is 3.16. The van der Waals surface area contributed by atoms with Crippen LogP contribution >= 0.6 is 11.6 Å². The van der Waals surface area contributed by atoms with Crippen LogP contribution in [0.4, 0.5) is 0 Å². The van der Waals surface area contributed by atoms with Crippen LogP contribution in [0, 0.1) is 0 Å². The number of halogens is 1. The summed E-state index contributed by atoms with van der Waals surface area (Å²) in [6.07, 6.45) is -0.228. The number of carbonyl (C=O) groups excluding carboxylic acids is 2. The molecule has 1 aliphatic rings. The Balaban J connectivity index is 1.57. The summed E-state index contributed by atoms with van der Waals surface area (Å²) in [5, 5.41) is 14.3. The van der Waals surface area contributed by atoms with Gasteiger partial charge in [0, 0.05) is 31.8 Å². The zero-order valence-electron chi connectivity index (χ0n) is 16.3. The third-order valence-electron chi connectivity index (χ3n) is 4.48. The first-order valence-corrected chi connectivity index (χ1v) is 9.62. The van der Waals surface area contributed by atoms with Crippen molar-refractivity contribution in [3.63, 3.8) is 0 Å². The van der Waals surface area contributed by atoms with Crippen LogP contribution in [0.3, 0.4) is 0 Å². The molecule has 0 fully saturated rings. The van der Waals surface area contributed by atoms with Crippen molar-refractivity contribution in [2.24, 2.45) is 5.10 Å². The number of aromatic nitrogens is 3. The van der Waals surface area contributed by atoms with Gasteiger partial charge in [-0.25, -0.2) is 4.68 Å². The van der Waals surface area contributed by atoms with Gasteiger partial charge in [0.15, 0.2) is 6.23 Å². The highest BCUT2D eigenvalue weighted by atomic mass is 35.5. The second-order valence-corrected chi connectivity index (χ2v) is 7.10. The molecule has 0 saturated carbocycles. The van der Waals surface area contributed by atoms with E-state index in [9.17, 15) is 9.59 Å². The summed E-state index contributed by atoms with van der Waals surface area (Å²) in [7, 11) is 0. The van der Waals surface area contributed by atoms with Crippen molar-refractivity contribution in [1.29, 1.82) is 0 Å². The molecule has 2 aromatic carbocycles.